The first-order valence-electron chi connectivity index (χ1n) is 4.93. The Hall–Kier alpha value is -0.410. The SMILES string of the molecule is CC(O)C(=O)C1(O)CCCCC1C. The summed E-state index contributed by atoms with van der Waals surface area (Å²) in [6, 6.07) is 0. The average molecular weight is 186 g/mol. The number of aliphatic hydroxyl groups excluding tert-OH is 1. The first kappa shape index (κ1) is 10.7. The summed E-state index contributed by atoms with van der Waals surface area (Å²) < 4.78 is 0. The molecule has 0 amide bonds. The molecule has 0 heterocycles. The maximum atomic E-state index is 11.5. The third kappa shape index (κ3) is 1.92. The molecular formula is C10H18O3. The Kier molecular flexibility index (Phi) is 3.09. The molecule has 76 valence electrons. The van der Waals surface area contributed by atoms with Crippen molar-refractivity contribution in [2.75, 3.05) is 0 Å². The fourth-order valence-electron chi connectivity index (χ4n) is 2.06. The molecule has 3 unspecified atom stereocenters. The van der Waals surface area contributed by atoms with E-state index in [4.69, 9.17) is 5.11 Å². The molecule has 3 atom stereocenters. The molecule has 0 spiro atoms. The first-order valence-corrected chi connectivity index (χ1v) is 4.93. The molecule has 3 heteroatoms. The van der Waals surface area contributed by atoms with Gasteiger partial charge in [-0.15, -0.1) is 0 Å². The Bertz CT molecular complexity index is 200. The van der Waals surface area contributed by atoms with Crippen molar-refractivity contribution >= 4 is 5.78 Å². The average Bonchev–Trinajstić information content (AvgIpc) is 2.09. The Labute approximate surface area is 78.8 Å². The lowest BCUT2D eigenvalue weighted by atomic mass is 9.73. The zero-order valence-electron chi connectivity index (χ0n) is 8.29. The van der Waals surface area contributed by atoms with E-state index in [0.717, 1.165) is 19.3 Å². The lowest BCUT2D eigenvalue weighted by Gasteiger charge is -2.37. The van der Waals surface area contributed by atoms with Gasteiger partial charge >= 0.3 is 0 Å². The largest absolute Gasteiger partial charge is 0.385 e. The number of aliphatic hydroxyl groups is 2. The monoisotopic (exact) mass is 186 g/mol. The number of Topliss-reactive ketones (excluding diaryl/α,β-unsaturated/α-hetero) is 1. The van der Waals surface area contributed by atoms with Crippen molar-refractivity contribution in [3.8, 4) is 0 Å². The number of ketones is 1. The van der Waals surface area contributed by atoms with Crippen LogP contribution in [-0.4, -0.2) is 27.7 Å². The van der Waals surface area contributed by atoms with Gasteiger partial charge < -0.3 is 10.2 Å². The summed E-state index contributed by atoms with van der Waals surface area (Å²) in [7, 11) is 0. The van der Waals surface area contributed by atoms with Gasteiger partial charge in [-0.3, -0.25) is 4.79 Å². The highest BCUT2D eigenvalue weighted by atomic mass is 16.3. The molecule has 3 nitrogen and oxygen atoms in total. The zero-order chi connectivity index (χ0) is 10.1. The maximum absolute atomic E-state index is 11.5. The van der Waals surface area contributed by atoms with Crippen molar-refractivity contribution in [3.63, 3.8) is 0 Å². The Balaban J connectivity index is 2.77. The van der Waals surface area contributed by atoms with E-state index in [9.17, 15) is 9.90 Å². The van der Waals surface area contributed by atoms with Gasteiger partial charge in [0, 0.05) is 0 Å². The normalized spacial score (nSPS) is 37.1. The van der Waals surface area contributed by atoms with Crippen LogP contribution in [-0.2, 0) is 4.79 Å². The standard InChI is InChI=1S/C10H18O3/c1-7-5-3-4-6-10(7,13)9(12)8(2)11/h7-8,11,13H,3-6H2,1-2H3. The van der Waals surface area contributed by atoms with Gasteiger partial charge in [-0.2, -0.15) is 0 Å². The number of hydrogen-bond donors (Lipinski definition) is 2. The second-order valence-corrected chi connectivity index (χ2v) is 4.11. The van der Waals surface area contributed by atoms with Crippen LogP contribution in [0.3, 0.4) is 0 Å². The molecule has 0 aromatic rings. The molecule has 1 saturated carbocycles. The van der Waals surface area contributed by atoms with Crippen molar-refractivity contribution in [1.29, 1.82) is 0 Å². The van der Waals surface area contributed by atoms with Crippen LogP contribution < -0.4 is 0 Å². The number of rotatable bonds is 2. The van der Waals surface area contributed by atoms with Gasteiger partial charge in [0.05, 0.1) is 0 Å². The Morgan fingerprint density at radius 2 is 2.15 bits per heavy atom. The van der Waals surface area contributed by atoms with Crippen molar-refractivity contribution in [3.05, 3.63) is 0 Å². The molecule has 0 bridgehead atoms. The number of hydrogen-bond acceptors (Lipinski definition) is 3. The van der Waals surface area contributed by atoms with E-state index in [1.54, 1.807) is 0 Å². The second kappa shape index (κ2) is 3.76. The Morgan fingerprint density at radius 1 is 1.54 bits per heavy atom. The molecule has 2 N–H and O–H groups in total. The summed E-state index contributed by atoms with van der Waals surface area (Å²) in [5.74, 6) is -0.442. The molecule has 1 aliphatic rings. The van der Waals surface area contributed by atoms with E-state index >= 15 is 0 Å². The molecular weight excluding hydrogens is 168 g/mol. The maximum Gasteiger partial charge on any atom is 0.192 e. The van der Waals surface area contributed by atoms with Gasteiger partial charge in [-0.1, -0.05) is 19.8 Å². The predicted octanol–water partition coefficient (Wildman–Crippen LogP) is 0.877. The molecule has 1 fully saturated rings. The summed E-state index contributed by atoms with van der Waals surface area (Å²) in [6.07, 6.45) is 2.26. The second-order valence-electron chi connectivity index (χ2n) is 4.11. The highest BCUT2D eigenvalue weighted by molar-refractivity contribution is 5.90. The predicted molar refractivity (Wildman–Crippen MR) is 49.3 cm³/mol. The van der Waals surface area contributed by atoms with Gasteiger partial charge in [0.25, 0.3) is 0 Å². The van der Waals surface area contributed by atoms with E-state index in [2.05, 4.69) is 0 Å². The van der Waals surface area contributed by atoms with Crippen LogP contribution in [0.1, 0.15) is 39.5 Å². The fraction of sp³-hybridized carbons (Fsp3) is 0.900. The van der Waals surface area contributed by atoms with Crippen LogP contribution >= 0.6 is 0 Å². The third-order valence-electron chi connectivity index (χ3n) is 3.07. The zero-order valence-corrected chi connectivity index (χ0v) is 8.29. The highest BCUT2D eigenvalue weighted by Gasteiger charge is 2.44. The smallest absolute Gasteiger partial charge is 0.192 e. The van der Waals surface area contributed by atoms with Crippen molar-refractivity contribution in [2.45, 2.75) is 51.2 Å². The summed E-state index contributed by atoms with van der Waals surface area (Å²) in [4.78, 5) is 11.5. The van der Waals surface area contributed by atoms with Gasteiger partial charge in [-0.05, 0) is 25.7 Å². The minimum Gasteiger partial charge on any atom is -0.385 e. The molecule has 0 aliphatic heterocycles. The van der Waals surface area contributed by atoms with E-state index in [0.29, 0.717) is 6.42 Å². The molecule has 1 rings (SSSR count). The molecule has 1 aliphatic carbocycles. The van der Waals surface area contributed by atoms with Crippen LogP contribution in [0.25, 0.3) is 0 Å². The van der Waals surface area contributed by atoms with Gasteiger partial charge in [0.15, 0.2) is 5.78 Å². The van der Waals surface area contributed by atoms with Gasteiger partial charge in [-0.25, -0.2) is 0 Å². The Morgan fingerprint density at radius 3 is 2.62 bits per heavy atom. The van der Waals surface area contributed by atoms with Crippen molar-refractivity contribution in [1.82, 2.24) is 0 Å². The topological polar surface area (TPSA) is 57.5 Å². The van der Waals surface area contributed by atoms with Crippen LogP contribution in [0.15, 0.2) is 0 Å². The van der Waals surface area contributed by atoms with Crippen LogP contribution in [0, 0.1) is 5.92 Å². The first-order chi connectivity index (χ1) is 5.98. The van der Waals surface area contributed by atoms with E-state index in [-0.39, 0.29) is 5.92 Å². The van der Waals surface area contributed by atoms with E-state index in [1.165, 1.54) is 6.92 Å². The van der Waals surface area contributed by atoms with Crippen LogP contribution in [0.5, 0.6) is 0 Å². The lowest BCUT2D eigenvalue weighted by molar-refractivity contribution is -0.154. The summed E-state index contributed by atoms with van der Waals surface area (Å²) in [5.41, 5.74) is -1.27. The fourth-order valence-corrected chi connectivity index (χ4v) is 2.06. The quantitative estimate of drug-likeness (QED) is 0.673. The van der Waals surface area contributed by atoms with Gasteiger partial charge in [0.2, 0.25) is 0 Å². The molecule has 0 saturated heterocycles. The summed E-state index contributed by atoms with van der Waals surface area (Å²) >= 11 is 0. The van der Waals surface area contributed by atoms with Crippen molar-refractivity contribution in [2.24, 2.45) is 5.92 Å². The van der Waals surface area contributed by atoms with Crippen LogP contribution in [0.2, 0.25) is 0 Å². The van der Waals surface area contributed by atoms with E-state index < -0.39 is 17.5 Å². The minimum absolute atomic E-state index is 0.0247. The number of carbonyl (C=O) groups is 1. The van der Waals surface area contributed by atoms with Crippen molar-refractivity contribution < 1.29 is 15.0 Å². The molecule has 0 aromatic carbocycles. The number of carbonyl (C=O) groups excluding carboxylic acids is 1. The summed E-state index contributed by atoms with van der Waals surface area (Å²) in [6.45, 7) is 3.29. The molecule has 0 aromatic heterocycles. The minimum atomic E-state index is -1.27. The molecule has 0 radical (unpaired) electrons. The third-order valence-corrected chi connectivity index (χ3v) is 3.07. The highest BCUT2D eigenvalue weighted by Crippen LogP contribution is 2.34. The molecule has 13 heavy (non-hydrogen) atoms. The lowest BCUT2D eigenvalue weighted by Crippen LogP contribution is -2.50. The van der Waals surface area contributed by atoms with Gasteiger partial charge in [0.1, 0.15) is 11.7 Å². The van der Waals surface area contributed by atoms with E-state index in [1.807, 2.05) is 6.92 Å². The summed E-state index contributed by atoms with van der Waals surface area (Å²) in [5, 5.41) is 19.2. The van der Waals surface area contributed by atoms with Crippen LogP contribution in [0.4, 0.5) is 0 Å².